The van der Waals surface area contributed by atoms with E-state index in [1.54, 1.807) is 11.3 Å². The highest BCUT2D eigenvalue weighted by atomic mass is 32.1. The Morgan fingerprint density at radius 3 is 2.43 bits per heavy atom. The Hall–Kier alpha value is -2.39. The summed E-state index contributed by atoms with van der Waals surface area (Å²) in [6, 6.07) is 22.3. The average molecular weight is 319 g/mol. The number of hydrogen-bond donors (Lipinski definition) is 0. The molecule has 1 amide bonds. The maximum atomic E-state index is 13.1. The van der Waals surface area contributed by atoms with Crippen LogP contribution in [0.3, 0.4) is 0 Å². The van der Waals surface area contributed by atoms with Gasteiger partial charge in [-0.25, -0.2) is 0 Å². The van der Waals surface area contributed by atoms with Gasteiger partial charge < -0.3 is 0 Å². The molecule has 23 heavy (non-hydrogen) atoms. The van der Waals surface area contributed by atoms with E-state index in [1.807, 2.05) is 53.4 Å². The Morgan fingerprint density at radius 1 is 0.957 bits per heavy atom. The number of carbonyl (C=O) groups excluding carboxylic acids is 1. The van der Waals surface area contributed by atoms with Crippen molar-refractivity contribution < 1.29 is 4.79 Å². The van der Waals surface area contributed by atoms with Gasteiger partial charge >= 0.3 is 0 Å². The molecule has 1 aliphatic rings. The smallest absolute Gasteiger partial charge is 0.259 e. The molecule has 1 aliphatic heterocycles. The molecule has 0 spiro atoms. The molecule has 114 valence electrons. The van der Waals surface area contributed by atoms with Crippen LogP contribution in [0.4, 0.5) is 5.69 Å². The summed E-state index contributed by atoms with van der Waals surface area (Å²) in [6.45, 7) is 2.11. The molecule has 1 unspecified atom stereocenters. The van der Waals surface area contributed by atoms with Crippen molar-refractivity contribution in [3.63, 3.8) is 0 Å². The lowest BCUT2D eigenvalue weighted by Gasteiger charge is -2.36. The summed E-state index contributed by atoms with van der Waals surface area (Å²) in [7, 11) is 0. The van der Waals surface area contributed by atoms with E-state index in [4.69, 9.17) is 0 Å². The first-order valence-corrected chi connectivity index (χ1v) is 8.58. The summed E-state index contributed by atoms with van der Waals surface area (Å²) in [5.41, 5.74) is 2.92. The molecular weight excluding hydrogens is 302 g/mol. The molecule has 3 heteroatoms. The summed E-state index contributed by atoms with van der Waals surface area (Å²) in [6.07, 6.45) is 0.858. The third kappa shape index (κ3) is 2.47. The quantitative estimate of drug-likeness (QED) is 0.651. The van der Waals surface area contributed by atoms with E-state index < -0.39 is 0 Å². The molecule has 0 fully saturated rings. The molecule has 2 heterocycles. The van der Waals surface area contributed by atoms with Gasteiger partial charge in [0, 0.05) is 21.0 Å². The fraction of sp³-hybridized carbons (Fsp3) is 0.150. The Morgan fingerprint density at radius 2 is 1.70 bits per heavy atom. The second kappa shape index (κ2) is 5.67. The van der Waals surface area contributed by atoms with Crippen molar-refractivity contribution in [2.45, 2.75) is 19.4 Å². The van der Waals surface area contributed by atoms with Crippen LogP contribution in [0.15, 0.2) is 66.7 Å². The number of aryl methyl sites for hydroxylation is 1. The van der Waals surface area contributed by atoms with E-state index in [2.05, 4.69) is 25.1 Å². The molecule has 1 aromatic heterocycles. The predicted octanol–water partition coefficient (Wildman–Crippen LogP) is 5.00. The van der Waals surface area contributed by atoms with Crippen molar-refractivity contribution in [3.8, 4) is 0 Å². The molecule has 2 nitrogen and oxygen atoms in total. The average Bonchev–Trinajstić information content (AvgIpc) is 3.02. The van der Waals surface area contributed by atoms with E-state index in [1.165, 1.54) is 9.75 Å². The van der Waals surface area contributed by atoms with Gasteiger partial charge in [-0.05, 0) is 49.2 Å². The molecule has 0 radical (unpaired) electrons. The second-order valence-electron chi connectivity index (χ2n) is 5.84. The summed E-state index contributed by atoms with van der Waals surface area (Å²) >= 11 is 1.78. The molecule has 0 N–H and O–H groups in total. The number of fused-ring (bicyclic) bond motifs is 1. The highest BCUT2D eigenvalue weighted by Gasteiger charge is 2.34. The number of amides is 1. The van der Waals surface area contributed by atoms with Gasteiger partial charge in [0.15, 0.2) is 0 Å². The normalized spacial score (nSPS) is 17.2. The van der Waals surface area contributed by atoms with Crippen LogP contribution in [-0.4, -0.2) is 5.91 Å². The fourth-order valence-electron chi connectivity index (χ4n) is 3.22. The number of benzene rings is 2. The Bertz CT molecular complexity index is 853. The molecule has 1 atom stereocenters. The highest BCUT2D eigenvalue weighted by molar-refractivity contribution is 7.12. The maximum Gasteiger partial charge on any atom is 0.259 e. The van der Waals surface area contributed by atoms with Crippen molar-refractivity contribution in [3.05, 3.63) is 87.6 Å². The maximum absolute atomic E-state index is 13.1. The van der Waals surface area contributed by atoms with Crippen LogP contribution in [0.5, 0.6) is 0 Å². The van der Waals surface area contributed by atoms with Gasteiger partial charge in [-0.1, -0.05) is 36.4 Å². The third-order valence-electron chi connectivity index (χ3n) is 4.32. The molecule has 0 saturated carbocycles. The minimum Gasteiger partial charge on any atom is -0.300 e. The molecule has 3 aromatic rings. The SMILES string of the molecule is Cc1ccc(C2Cc3ccccc3C(=O)N2c2ccccc2)s1. The lowest BCUT2D eigenvalue weighted by atomic mass is 9.92. The van der Waals surface area contributed by atoms with E-state index >= 15 is 0 Å². The van der Waals surface area contributed by atoms with Crippen LogP contribution in [0.25, 0.3) is 0 Å². The summed E-state index contributed by atoms with van der Waals surface area (Å²) < 4.78 is 0. The zero-order valence-electron chi connectivity index (χ0n) is 12.9. The number of para-hydroxylation sites is 1. The highest BCUT2D eigenvalue weighted by Crippen LogP contribution is 2.39. The molecule has 4 rings (SSSR count). The van der Waals surface area contributed by atoms with E-state index in [0.29, 0.717) is 0 Å². The number of nitrogens with zero attached hydrogens (tertiary/aromatic N) is 1. The zero-order chi connectivity index (χ0) is 15.8. The number of thiophene rings is 1. The summed E-state index contributed by atoms with van der Waals surface area (Å²) in [5, 5.41) is 0. The number of anilines is 1. The fourth-order valence-corrected chi connectivity index (χ4v) is 4.19. The number of carbonyl (C=O) groups is 1. The van der Waals surface area contributed by atoms with Crippen molar-refractivity contribution >= 4 is 22.9 Å². The molecular formula is C20H17NOS. The molecule has 0 bridgehead atoms. The minimum absolute atomic E-state index is 0.0681. The number of rotatable bonds is 2. The van der Waals surface area contributed by atoms with Gasteiger partial charge in [-0.2, -0.15) is 0 Å². The van der Waals surface area contributed by atoms with Gasteiger partial charge in [0.1, 0.15) is 0 Å². The lowest BCUT2D eigenvalue weighted by Crippen LogP contribution is -2.40. The molecule has 0 saturated heterocycles. The lowest BCUT2D eigenvalue weighted by molar-refractivity contribution is 0.0967. The minimum atomic E-state index is 0.0681. The van der Waals surface area contributed by atoms with E-state index in [-0.39, 0.29) is 11.9 Å². The van der Waals surface area contributed by atoms with Crippen molar-refractivity contribution in [1.82, 2.24) is 0 Å². The van der Waals surface area contributed by atoms with E-state index in [0.717, 1.165) is 23.2 Å². The predicted molar refractivity (Wildman–Crippen MR) is 95.2 cm³/mol. The second-order valence-corrected chi connectivity index (χ2v) is 7.16. The number of hydrogen-bond acceptors (Lipinski definition) is 2. The largest absolute Gasteiger partial charge is 0.300 e. The summed E-state index contributed by atoms with van der Waals surface area (Å²) in [5.74, 6) is 0.0918. The van der Waals surface area contributed by atoms with Gasteiger partial charge in [0.2, 0.25) is 0 Å². The van der Waals surface area contributed by atoms with Gasteiger partial charge in [0.05, 0.1) is 6.04 Å². The monoisotopic (exact) mass is 319 g/mol. The topological polar surface area (TPSA) is 20.3 Å². The third-order valence-corrected chi connectivity index (χ3v) is 5.42. The molecule has 2 aromatic carbocycles. The Labute approximate surface area is 140 Å². The van der Waals surface area contributed by atoms with Gasteiger partial charge in [0.25, 0.3) is 5.91 Å². The summed E-state index contributed by atoms with van der Waals surface area (Å²) in [4.78, 5) is 17.6. The molecule has 0 aliphatic carbocycles. The first-order chi connectivity index (χ1) is 11.2. The van der Waals surface area contributed by atoms with Crippen LogP contribution in [0.1, 0.15) is 31.7 Å². The van der Waals surface area contributed by atoms with Crippen molar-refractivity contribution in [2.75, 3.05) is 4.90 Å². The van der Waals surface area contributed by atoms with Crippen LogP contribution in [0.2, 0.25) is 0 Å². The Kier molecular flexibility index (Phi) is 3.50. The Balaban J connectivity index is 1.86. The van der Waals surface area contributed by atoms with Gasteiger partial charge in [-0.3, -0.25) is 9.69 Å². The van der Waals surface area contributed by atoms with Gasteiger partial charge in [-0.15, -0.1) is 11.3 Å². The zero-order valence-corrected chi connectivity index (χ0v) is 13.7. The van der Waals surface area contributed by atoms with Crippen molar-refractivity contribution in [2.24, 2.45) is 0 Å². The van der Waals surface area contributed by atoms with Crippen LogP contribution in [0, 0.1) is 6.92 Å². The van der Waals surface area contributed by atoms with Crippen molar-refractivity contribution in [1.29, 1.82) is 0 Å². The van der Waals surface area contributed by atoms with Crippen LogP contribution < -0.4 is 4.90 Å². The van der Waals surface area contributed by atoms with Crippen LogP contribution >= 0.6 is 11.3 Å². The van der Waals surface area contributed by atoms with Crippen LogP contribution in [-0.2, 0) is 6.42 Å². The standard InChI is InChI=1S/C20H17NOS/c1-14-11-12-19(23-14)18-13-15-7-5-6-10-17(15)20(22)21(18)16-8-3-2-4-9-16/h2-12,18H,13H2,1H3. The first-order valence-electron chi connectivity index (χ1n) is 7.77. The van der Waals surface area contributed by atoms with E-state index in [9.17, 15) is 4.79 Å². The first kappa shape index (κ1) is 14.2.